The van der Waals surface area contributed by atoms with Crippen molar-refractivity contribution in [3.05, 3.63) is 93.2 Å². The highest BCUT2D eigenvalue weighted by molar-refractivity contribution is 7.12. The molecule has 36 heavy (non-hydrogen) atoms. The van der Waals surface area contributed by atoms with Gasteiger partial charge in [0.1, 0.15) is 17.7 Å². The quantitative estimate of drug-likeness (QED) is 0.261. The number of carbonyl (C=O) groups excluding carboxylic acids is 2. The van der Waals surface area contributed by atoms with Crippen LogP contribution >= 0.6 is 11.3 Å². The van der Waals surface area contributed by atoms with Gasteiger partial charge in [-0.05, 0) is 53.1 Å². The number of halogens is 2. The van der Waals surface area contributed by atoms with Gasteiger partial charge in [-0.25, -0.2) is 8.78 Å². The zero-order valence-corrected chi connectivity index (χ0v) is 20.7. The van der Waals surface area contributed by atoms with Crippen LogP contribution in [0.4, 0.5) is 8.78 Å². The number of Topliss-reactive ketones (excluding diaryl/α,β-unsaturated/α-hetero) is 1. The summed E-state index contributed by atoms with van der Waals surface area (Å²) in [6.07, 6.45) is -2.39. The van der Waals surface area contributed by atoms with Gasteiger partial charge in [0.15, 0.2) is 5.78 Å². The first-order valence-corrected chi connectivity index (χ1v) is 12.6. The number of aryl methyl sites for hydroxylation is 1. The molecule has 0 bridgehead atoms. The van der Waals surface area contributed by atoms with Gasteiger partial charge in [-0.15, -0.1) is 11.3 Å². The van der Waals surface area contributed by atoms with E-state index in [1.807, 2.05) is 18.2 Å². The van der Waals surface area contributed by atoms with E-state index in [9.17, 15) is 28.6 Å². The Balaban J connectivity index is 1.66. The molecule has 1 heterocycles. The Labute approximate surface area is 213 Å². The third-order valence-corrected chi connectivity index (χ3v) is 6.64. The first-order chi connectivity index (χ1) is 17.2. The number of benzene rings is 2. The van der Waals surface area contributed by atoms with Crippen molar-refractivity contribution in [1.29, 1.82) is 0 Å². The van der Waals surface area contributed by atoms with Crippen LogP contribution < -0.4 is 10.6 Å². The van der Waals surface area contributed by atoms with E-state index < -0.39 is 42.2 Å². The van der Waals surface area contributed by atoms with Crippen LogP contribution in [0.5, 0.6) is 0 Å². The summed E-state index contributed by atoms with van der Waals surface area (Å²) >= 11 is 1.21. The molecule has 2 aromatic carbocycles. The van der Waals surface area contributed by atoms with E-state index >= 15 is 0 Å². The molecule has 4 N–H and O–H groups in total. The van der Waals surface area contributed by atoms with Gasteiger partial charge in [-0.3, -0.25) is 9.59 Å². The van der Waals surface area contributed by atoms with Crippen molar-refractivity contribution in [2.24, 2.45) is 0 Å². The predicted molar refractivity (Wildman–Crippen MR) is 135 cm³/mol. The van der Waals surface area contributed by atoms with E-state index in [1.54, 1.807) is 17.5 Å². The average Bonchev–Trinajstić information content (AvgIpc) is 3.38. The molecule has 9 heteroatoms. The van der Waals surface area contributed by atoms with Crippen molar-refractivity contribution >= 4 is 23.0 Å². The van der Waals surface area contributed by atoms with Crippen LogP contribution in [0.2, 0.25) is 0 Å². The van der Waals surface area contributed by atoms with Crippen LogP contribution in [0, 0.1) is 11.6 Å². The molecule has 3 aromatic rings. The smallest absolute Gasteiger partial charge is 0.249 e. The molecule has 1 amide bonds. The molecule has 3 rings (SSSR count). The zero-order valence-electron chi connectivity index (χ0n) is 19.9. The molecule has 0 aliphatic rings. The summed E-state index contributed by atoms with van der Waals surface area (Å²) < 4.78 is 27.4. The molecule has 1 aromatic heterocycles. The van der Waals surface area contributed by atoms with Crippen LogP contribution in [0.25, 0.3) is 0 Å². The van der Waals surface area contributed by atoms with Gasteiger partial charge in [-0.1, -0.05) is 37.3 Å². The lowest BCUT2D eigenvalue weighted by Crippen LogP contribution is -2.51. The highest BCUT2D eigenvalue weighted by atomic mass is 32.1. The molecule has 0 saturated carbocycles. The van der Waals surface area contributed by atoms with Crippen molar-refractivity contribution < 1.29 is 28.6 Å². The fourth-order valence-electron chi connectivity index (χ4n) is 3.82. The SMILES string of the molecule is CCc1cccc(CNC[C@@H](O)[C@H](Cc2cc(F)cc(F)c2)NC(=O)C(O)CC(=O)c2cccs2)c1. The first kappa shape index (κ1) is 27.6. The summed E-state index contributed by atoms with van der Waals surface area (Å²) in [4.78, 5) is 25.3. The zero-order chi connectivity index (χ0) is 26.1. The Morgan fingerprint density at radius 2 is 1.69 bits per heavy atom. The number of rotatable bonds is 13. The van der Waals surface area contributed by atoms with Crippen LogP contribution in [-0.2, 0) is 24.2 Å². The van der Waals surface area contributed by atoms with E-state index in [4.69, 9.17) is 0 Å². The lowest BCUT2D eigenvalue weighted by atomic mass is 9.99. The van der Waals surface area contributed by atoms with Gasteiger partial charge in [0.2, 0.25) is 5.91 Å². The number of thiophene rings is 1. The lowest BCUT2D eigenvalue weighted by molar-refractivity contribution is -0.130. The second-order valence-electron chi connectivity index (χ2n) is 8.59. The molecule has 0 saturated heterocycles. The molecule has 0 fully saturated rings. The Morgan fingerprint density at radius 3 is 2.36 bits per heavy atom. The van der Waals surface area contributed by atoms with Crippen molar-refractivity contribution in [2.45, 2.75) is 51.0 Å². The predicted octanol–water partition coefficient (Wildman–Crippen LogP) is 3.40. The number of nitrogens with one attached hydrogen (secondary N) is 2. The third-order valence-electron chi connectivity index (χ3n) is 5.73. The largest absolute Gasteiger partial charge is 0.390 e. The number of amides is 1. The standard InChI is InChI=1S/C27H30F2N2O4S/c1-2-17-5-3-6-18(9-17)15-30-16-25(34)22(12-19-10-20(28)13-21(29)11-19)31-27(35)24(33)14-23(32)26-7-4-8-36-26/h3-11,13,22,24-25,30,33-34H,2,12,14-16H2,1H3,(H,31,35)/t22-,24?,25+/m0/s1. The summed E-state index contributed by atoms with van der Waals surface area (Å²) in [7, 11) is 0. The van der Waals surface area contributed by atoms with Crippen molar-refractivity contribution in [3.63, 3.8) is 0 Å². The number of carbonyl (C=O) groups is 2. The first-order valence-electron chi connectivity index (χ1n) is 11.7. The number of hydrogen-bond acceptors (Lipinski definition) is 6. The summed E-state index contributed by atoms with van der Waals surface area (Å²) in [5.74, 6) is -2.79. The minimum Gasteiger partial charge on any atom is -0.390 e. The molecule has 0 spiro atoms. The minimum absolute atomic E-state index is 0.0727. The van der Waals surface area contributed by atoms with Crippen molar-refractivity contribution in [3.8, 4) is 0 Å². The van der Waals surface area contributed by atoms with Crippen LogP contribution in [-0.4, -0.2) is 46.7 Å². The van der Waals surface area contributed by atoms with E-state index in [0.717, 1.165) is 30.2 Å². The highest BCUT2D eigenvalue weighted by Crippen LogP contribution is 2.15. The van der Waals surface area contributed by atoms with E-state index in [0.29, 0.717) is 11.4 Å². The fourth-order valence-corrected chi connectivity index (χ4v) is 4.49. The summed E-state index contributed by atoms with van der Waals surface area (Å²) in [5.41, 5.74) is 2.44. The molecule has 0 aliphatic heterocycles. The number of aliphatic hydroxyl groups excluding tert-OH is 2. The fraction of sp³-hybridized carbons (Fsp3) is 0.333. The van der Waals surface area contributed by atoms with Crippen LogP contribution in [0.1, 0.15) is 39.7 Å². The Hall–Kier alpha value is -2.98. The summed E-state index contributed by atoms with van der Waals surface area (Å²) in [6.45, 7) is 2.60. The lowest BCUT2D eigenvalue weighted by Gasteiger charge is -2.26. The third kappa shape index (κ3) is 8.30. The maximum Gasteiger partial charge on any atom is 0.249 e. The topological polar surface area (TPSA) is 98.7 Å². The Kier molecular flexibility index (Phi) is 10.2. The van der Waals surface area contributed by atoms with Crippen molar-refractivity contribution in [1.82, 2.24) is 10.6 Å². The van der Waals surface area contributed by atoms with Gasteiger partial charge < -0.3 is 20.8 Å². The second kappa shape index (κ2) is 13.4. The van der Waals surface area contributed by atoms with Gasteiger partial charge >= 0.3 is 0 Å². The molecule has 1 unspecified atom stereocenters. The number of aliphatic hydroxyl groups is 2. The number of ketones is 1. The molecular formula is C27H30F2N2O4S. The van der Waals surface area contributed by atoms with E-state index in [1.165, 1.54) is 16.9 Å². The molecule has 0 radical (unpaired) electrons. The molecule has 0 aliphatic carbocycles. The molecule has 6 nitrogen and oxygen atoms in total. The maximum atomic E-state index is 13.7. The second-order valence-corrected chi connectivity index (χ2v) is 9.54. The summed E-state index contributed by atoms with van der Waals surface area (Å²) in [6, 6.07) is 13.3. The monoisotopic (exact) mass is 516 g/mol. The maximum absolute atomic E-state index is 13.7. The number of hydrogen-bond donors (Lipinski definition) is 4. The van der Waals surface area contributed by atoms with Crippen molar-refractivity contribution in [2.75, 3.05) is 6.54 Å². The molecular weight excluding hydrogens is 486 g/mol. The molecule has 192 valence electrons. The normalized spacial score (nSPS) is 13.7. The minimum atomic E-state index is -1.64. The van der Waals surface area contributed by atoms with E-state index in [-0.39, 0.29) is 24.3 Å². The van der Waals surface area contributed by atoms with E-state index in [2.05, 4.69) is 23.6 Å². The summed E-state index contributed by atoms with van der Waals surface area (Å²) in [5, 5.41) is 28.5. The van der Waals surface area contributed by atoms with Gasteiger partial charge in [0.25, 0.3) is 0 Å². The molecule has 3 atom stereocenters. The van der Waals surface area contributed by atoms with Gasteiger partial charge in [-0.2, -0.15) is 0 Å². The van der Waals surface area contributed by atoms with Crippen LogP contribution in [0.15, 0.2) is 60.0 Å². The van der Waals surface area contributed by atoms with Gasteiger partial charge in [0.05, 0.1) is 17.0 Å². The highest BCUT2D eigenvalue weighted by Gasteiger charge is 2.27. The van der Waals surface area contributed by atoms with Crippen LogP contribution in [0.3, 0.4) is 0 Å². The van der Waals surface area contributed by atoms with Gasteiger partial charge in [0, 0.05) is 25.6 Å². The Bertz CT molecular complexity index is 1140. The Morgan fingerprint density at radius 1 is 0.972 bits per heavy atom. The average molecular weight is 517 g/mol.